The predicted molar refractivity (Wildman–Crippen MR) is 97.5 cm³/mol. The smallest absolute Gasteiger partial charge is 0.339 e. The van der Waals surface area contributed by atoms with Crippen molar-refractivity contribution in [3.05, 3.63) is 59.9 Å². The summed E-state index contributed by atoms with van der Waals surface area (Å²) in [5, 5.41) is 8.37. The van der Waals surface area contributed by atoms with Gasteiger partial charge in [0.2, 0.25) is 5.89 Å². The molecular weight excluding hydrogens is 350 g/mol. The summed E-state index contributed by atoms with van der Waals surface area (Å²) >= 11 is 1.32. The molecule has 0 atom stereocenters. The molecule has 0 saturated carbocycles. The fourth-order valence-corrected chi connectivity index (χ4v) is 2.49. The number of aromatic nitrogens is 3. The molecular formula is C19H15N3O3S. The number of carbonyl (C=O) groups is 1. The lowest BCUT2D eigenvalue weighted by molar-refractivity contribution is 0.0556. The zero-order valence-electron chi connectivity index (χ0n) is 14.0. The van der Waals surface area contributed by atoms with Crippen LogP contribution in [-0.2, 0) is 4.74 Å². The van der Waals surface area contributed by atoms with Gasteiger partial charge < -0.3 is 9.15 Å². The van der Waals surface area contributed by atoms with Crippen LogP contribution in [0.1, 0.15) is 15.9 Å². The number of nitrogens with zero attached hydrogens (tertiary/aromatic N) is 3. The molecule has 1 aromatic carbocycles. The van der Waals surface area contributed by atoms with Gasteiger partial charge in [0.15, 0.2) is 6.61 Å². The maximum absolute atomic E-state index is 11.8. The van der Waals surface area contributed by atoms with Crippen molar-refractivity contribution in [2.45, 2.75) is 12.1 Å². The third kappa shape index (κ3) is 4.94. The molecule has 0 aliphatic carbocycles. The van der Waals surface area contributed by atoms with Gasteiger partial charge in [-0.15, -0.1) is 10.2 Å². The first-order valence-corrected chi connectivity index (χ1v) is 8.77. The Hall–Kier alpha value is -3.11. The van der Waals surface area contributed by atoms with Gasteiger partial charge >= 0.3 is 5.97 Å². The summed E-state index contributed by atoms with van der Waals surface area (Å²) in [6.07, 6.45) is 3.32. The third-order valence-corrected chi connectivity index (χ3v) is 3.99. The Labute approximate surface area is 155 Å². The van der Waals surface area contributed by atoms with Crippen LogP contribution in [0.25, 0.3) is 11.5 Å². The molecule has 0 N–H and O–H groups in total. The molecule has 0 unspecified atom stereocenters. The second kappa shape index (κ2) is 8.83. The van der Waals surface area contributed by atoms with Gasteiger partial charge in [0, 0.05) is 18.0 Å². The van der Waals surface area contributed by atoms with Crippen molar-refractivity contribution in [1.29, 1.82) is 0 Å². The van der Waals surface area contributed by atoms with Gasteiger partial charge in [0.1, 0.15) is 0 Å². The van der Waals surface area contributed by atoms with Crippen LogP contribution in [-0.4, -0.2) is 33.5 Å². The molecule has 0 radical (unpaired) electrons. The van der Waals surface area contributed by atoms with Gasteiger partial charge in [-0.1, -0.05) is 41.3 Å². The van der Waals surface area contributed by atoms with E-state index in [1.165, 1.54) is 11.8 Å². The Morgan fingerprint density at radius 2 is 1.88 bits per heavy atom. The van der Waals surface area contributed by atoms with Crippen molar-refractivity contribution in [2.24, 2.45) is 0 Å². The van der Waals surface area contributed by atoms with E-state index in [4.69, 9.17) is 9.15 Å². The minimum absolute atomic E-state index is 0.0410. The van der Waals surface area contributed by atoms with E-state index >= 15 is 0 Å². The molecule has 0 bridgehead atoms. The lowest BCUT2D eigenvalue weighted by Gasteiger charge is -2.00. The van der Waals surface area contributed by atoms with E-state index in [9.17, 15) is 4.79 Å². The highest BCUT2D eigenvalue weighted by atomic mass is 32.2. The lowest BCUT2D eigenvalue weighted by Crippen LogP contribution is -2.05. The molecule has 3 aromatic rings. The Kier molecular flexibility index (Phi) is 6.01. The van der Waals surface area contributed by atoms with Gasteiger partial charge in [-0.05, 0) is 31.2 Å². The largest absolute Gasteiger partial charge is 0.449 e. The minimum Gasteiger partial charge on any atom is -0.449 e. The minimum atomic E-state index is -0.383. The van der Waals surface area contributed by atoms with Gasteiger partial charge in [-0.2, -0.15) is 0 Å². The van der Waals surface area contributed by atoms with E-state index in [0.29, 0.717) is 22.4 Å². The number of hydrogen-bond acceptors (Lipinski definition) is 7. The average Bonchev–Trinajstić information content (AvgIpc) is 3.14. The van der Waals surface area contributed by atoms with Crippen molar-refractivity contribution in [2.75, 3.05) is 12.4 Å². The highest BCUT2D eigenvalue weighted by molar-refractivity contribution is 7.99. The molecule has 2 aromatic heterocycles. The maximum atomic E-state index is 11.8. The maximum Gasteiger partial charge on any atom is 0.339 e. The molecule has 0 aliphatic heterocycles. The average molecular weight is 365 g/mol. The first-order valence-electron chi connectivity index (χ1n) is 7.78. The quantitative estimate of drug-likeness (QED) is 0.389. The van der Waals surface area contributed by atoms with Gasteiger partial charge in [-0.25, -0.2) is 4.79 Å². The molecule has 0 amide bonds. The molecule has 26 heavy (non-hydrogen) atoms. The van der Waals surface area contributed by atoms with Crippen molar-refractivity contribution in [1.82, 2.24) is 15.2 Å². The number of thioether (sulfide) groups is 1. The molecule has 0 fully saturated rings. The number of esters is 1. The Balaban J connectivity index is 1.42. The summed E-state index contributed by atoms with van der Waals surface area (Å²) in [5.74, 6) is 6.21. The number of pyridine rings is 1. The number of benzene rings is 1. The molecule has 0 aliphatic rings. The zero-order valence-corrected chi connectivity index (χ0v) is 14.8. The molecule has 6 nitrogen and oxygen atoms in total. The van der Waals surface area contributed by atoms with Crippen molar-refractivity contribution >= 4 is 17.7 Å². The lowest BCUT2D eigenvalue weighted by atomic mass is 10.1. The summed E-state index contributed by atoms with van der Waals surface area (Å²) in [6.45, 7) is 2.00. The number of ether oxygens (including phenoxy) is 1. The number of aryl methyl sites for hydroxylation is 1. The standard InChI is InChI=1S/C19H15N3O3S/c1-14-4-6-16(7-5-14)18(23)24-12-2-3-13-26-19-22-21-17(25-19)15-8-10-20-11-9-15/h4-11H,12-13H2,1H3. The van der Waals surface area contributed by atoms with E-state index in [-0.39, 0.29) is 12.6 Å². The predicted octanol–water partition coefficient (Wildman–Crippen LogP) is 3.39. The summed E-state index contributed by atoms with van der Waals surface area (Å²) in [4.78, 5) is 15.8. The molecule has 7 heteroatoms. The van der Waals surface area contributed by atoms with Gasteiger partial charge in [-0.3, -0.25) is 4.98 Å². The van der Waals surface area contributed by atoms with E-state index in [0.717, 1.165) is 11.1 Å². The number of rotatable bonds is 5. The highest BCUT2D eigenvalue weighted by Gasteiger charge is 2.08. The first-order chi connectivity index (χ1) is 12.7. The van der Waals surface area contributed by atoms with Gasteiger partial charge in [0.25, 0.3) is 5.22 Å². The summed E-state index contributed by atoms with van der Waals surface area (Å²) in [6, 6.07) is 10.8. The fraction of sp³-hybridized carbons (Fsp3) is 0.158. The van der Waals surface area contributed by atoms with Crippen LogP contribution in [0.2, 0.25) is 0 Å². The fourth-order valence-electron chi connectivity index (χ4n) is 1.95. The summed E-state index contributed by atoms with van der Waals surface area (Å²) in [5.41, 5.74) is 2.42. The molecule has 0 spiro atoms. The second-order valence-electron chi connectivity index (χ2n) is 5.19. The summed E-state index contributed by atoms with van der Waals surface area (Å²) < 4.78 is 10.6. The van der Waals surface area contributed by atoms with Crippen LogP contribution in [0.5, 0.6) is 0 Å². The third-order valence-electron chi connectivity index (χ3n) is 3.29. The monoisotopic (exact) mass is 365 g/mol. The first kappa shape index (κ1) is 17.7. The van der Waals surface area contributed by atoms with E-state index in [1.54, 1.807) is 36.7 Å². The Morgan fingerprint density at radius 1 is 1.12 bits per heavy atom. The Bertz CT molecular complexity index is 928. The molecule has 3 rings (SSSR count). The van der Waals surface area contributed by atoms with E-state index in [2.05, 4.69) is 27.0 Å². The van der Waals surface area contributed by atoms with Crippen molar-refractivity contribution in [3.8, 4) is 23.3 Å². The topological polar surface area (TPSA) is 78.1 Å². The number of hydrogen-bond donors (Lipinski definition) is 0. The highest BCUT2D eigenvalue weighted by Crippen LogP contribution is 2.21. The Morgan fingerprint density at radius 3 is 2.65 bits per heavy atom. The number of carbonyl (C=O) groups excluding carboxylic acids is 1. The van der Waals surface area contributed by atoms with Crippen molar-refractivity contribution in [3.63, 3.8) is 0 Å². The van der Waals surface area contributed by atoms with Crippen molar-refractivity contribution < 1.29 is 13.9 Å². The molecule has 130 valence electrons. The van der Waals surface area contributed by atoms with Crippen LogP contribution in [0.4, 0.5) is 0 Å². The normalized spacial score (nSPS) is 10.0. The van der Waals surface area contributed by atoms with Crippen LogP contribution in [0.3, 0.4) is 0 Å². The van der Waals surface area contributed by atoms with Gasteiger partial charge in [0.05, 0.1) is 11.3 Å². The SMILES string of the molecule is Cc1ccc(C(=O)OCC#CCSc2nnc(-c3ccncc3)o2)cc1. The van der Waals surface area contributed by atoms with E-state index < -0.39 is 0 Å². The van der Waals surface area contributed by atoms with Crippen LogP contribution in [0.15, 0.2) is 58.4 Å². The van der Waals surface area contributed by atoms with Crippen LogP contribution in [0, 0.1) is 18.8 Å². The zero-order chi connectivity index (χ0) is 18.2. The van der Waals surface area contributed by atoms with E-state index in [1.807, 2.05) is 19.1 Å². The molecule has 2 heterocycles. The van der Waals surface area contributed by atoms with Crippen LogP contribution < -0.4 is 0 Å². The molecule has 0 saturated heterocycles. The summed E-state index contributed by atoms with van der Waals surface area (Å²) in [7, 11) is 0. The van der Waals surface area contributed by atoms with Crippen LogP contribution >= 0.6 is 11.8 Å². The second-order valence-corrected chi connectivity index (χ2v) is 6.12.